The van der Waals surface area contributed by atoms with Crippen LogP contribution in [0.2, 0.25) is 5.28 Å². The number of nitrogen functional groups attached to an aromatic ring is 1. The summed E-state index contributed by atoms with van der Waals surface area (Å²) in [4.78, 5) is 7.95. The molecule has 0 amide bonds. The summed E-state index contributed by atoms with van der Waals surface area (Å²) in [6.45, 7) is 0. The van der Waals surface area contributed by atoms with Crippen LogP contribution in [-0.2, 0) is 0 Å². The zero-order chi connectivity index (χ0) is 11.5. The van der Waals surface area contributed by atoms with Crippen LogP contribution in [0.5, 0.6) is 0 Å². The van der Waals surface area contributed by atoms with E-state index in [0.29, 0.717) is 22.8 Å². The Kier molecular flexibility index (Phi) is 3.76. The molecule has 1 aromatic heterocycles. The number of nitrogens with two attached hydrogens (primary N) is 1. The van der Waals surface area contributed by atoms with E-state index in [2.05, 4.69) is 21.5 Å². The summed E-state index contributed by atoms with van der Waals surface area (Å²) in [5.74, 6) is 0.658. The number of hydrogen-bond acceptors (Lipinski definition) is 5. The molecule has 1 aromatic rings. The summed E-state index contributed by atoms with van der Waals surface area (Å²) >= 11 is 7.64. The highest BCUT2D eigenvalue weighted by Crippen LogP contribution is 2.31. The molecule has 1 saturated carbocycles. The molecule has 0 aromatic carbocycles. The highest BCUT2D eigenvalue weighted by molar-refractivity contribution is 7.99. The summed E-state index contributed by atoms with van der Waals surface area (Å²) in [6, 6.07) is 0.434. The Morgan fingerprint density at radius 1 is 1.56 bits per heavy atom. The van der Waals surface area contributed by atoms with Crippen molar-refractivity contribution in [2.75, 3.05) is 17.3 Å². The van der Waals surface area contributed by atoms with E-state index in [0.717, 1.165) is 6.42 Å². The number of rotatable bonds is 3. The normalized spacial score (nSPS) is 24.6. The van der Waals surface area contributed by atoms with E-state index in [9.17, 15) is 0 Å². The highest BCUT2D eigenvalue weighted by atomic mass is 35.5. The minimum Gasteiger partial charge on any atom is -0.394 e. The van der Waals surface area contributed by atoms with Gasteiger partial charge in [0.25, 0.3) is 0 Å². The zero-order valence-corrected chi connectivity index (χ0v) is 10.7. The van der Waals surface area contributed by atoms with Crippen molar-refractivity contribution in [1.82, 2.24) is 9.97 Å². The second-order valence-electron chi connectivity index (χ2n) is 3.90. The molecule has 2 rings (SSSR count). The van der Waals surface area contributed by atoms with Crippen LogP contribution in [-0.4, -0.2) is 27.5 Å². The van der Waals surface area contributed by atoms with Gasteiger partial charge in [0.2, 0.25) is 5.28 Å². The molecule has 2 atom stereocenters. The summed E-state index contributed by atoms with van der Waals surface area (Å²) in [6.07, 6.45) is 7.34. The third-order valence-corrected chi connectivity index (χ3v) is 4.22. The fourth-order valence-electron chi connectivity index (χ4n) is 2.03. The fourth-order valence-corrected chi connectivity index (χ4v) is 3.10. The summed E-state index contributed by atoms with van der Waals surface area (Å²) < 4.78 is 0. The minimum atomic E-state index is 0.232. The van der Waals surface area contributed by atoms with Crippen molar-refractivity contribution < 1.29 is 0 Å². The van der Waals surface area contributed by atoms with E-state index < -0.39 is 0 Å². The molecule has 0 saturated heterocycles. The monoisotopic (exact) mass is 258 g/mol. The van der Waals surface area contributed by atoms with Gasteiger partial charge in [-0.1, -0.05) is 6.42 Å². The Hall–Kier alpha value is -0.680. The van der Waals surface area contributed by atoms with Crippen molar-refractivity contribution in [3.8, 4) is 0 Å². The summed E-state index contributed by atoms with van der Waals surface area (Å²) in [5, 5.41) is 4.23. The van der Waals surface area contributed by atoms with E-state index in [1.165, 1.54) is 12.8 Å². The Bertz CT molecular complexity index is 374. The maximum absolute atomic E-state index is 5.80. The first-order valence-corrected chi connectivity index (χ1v) is 6.94. The Labute approximate surface area is 104 Å². The maximum Gasteiger partial charge on any atom is 0.224 e. The standard InChI is InChI=1S/C10H15ClN4S/c1-16-8-4-2-3-7(8)14-9-6(12)5-13-10(11)15-9/h5,7-8H,2-4,12H2,1H3,(H,13,14,15). The third kappa shape index (κ3) is 2.52. The molecule has 0 radical (unpaired) electrons. The molecular weight excluding hydrogens is 244 g/mol. The molecule has 1 fully saturated rings. The zero-order valence-electron chi connectivity index (χ0n) is 9.11. The smallest absolute Gasteiger partial charge is 0.224 e. The molecule has 16 heavy (non-hydrogen) atoms. The lowest BCUT2D eigenvalue weighted by Gasteiger charge is -2.20. The lowest BCUT2D eigenvalue weighted by molar-refractivity contribution is 0.763. The molecular formula is C10H15ClN4S. The number of anilines is 2. The van der Waals surface area contributed by atoms with Crippen molar-refractivity contribution >= 4 is 34.9 Å². The number of aromatic nitrogens is 2. The lowest BCUT2D eigenvalue weighted by Crippen LogP contribution is -2.26. The van der Waals surface area contributed by atoms with Crippen LogP contribution in [0.4, 0.5) is 11.5 Å². The molecule has 1 aliphatic carbocycles. The van der Waals surface area contributed by atoms with Gasteiger partial charge < -0.3 is 11.1 Å². The second-order valence-corrected chi connectivity index (χ2v) is 5.31. The van der Waals surface area contributed by atoms with E-state index in [4.69, 9.17) is 17.3 Å². The molecule has 0 aliphatic heterocycles. The second kappa shape index (κ2) is 5.10. The van der Waals surface area contributed by atoms with E-state index in [1.54, 1.807) is 6.20 Å². The number of nitrogens with zero attached hydrogens (tertiary/aromatic N) is 2. The largest absolute Gasteiger partial charge is 0.394 e. The van der Waals surface area contributed by atoms with Gasteiger partial charge in [-0.3, -0.25) is 0 Å². The van der Waals surface area contributed by atoms with E-state index >= 15 is 0 Å². The van der Waals surface area contributed by atoms with Gasteiger partial charge in [-0.25, -0.2) is 4.98 Å². The molecule has 2 unspecified atom stereocenters. The van der Waals surface area contributed by atoms with Crippen LogP contribution >= 0.6 is 23.4 Å². The van der Waals surface area contributed by atoms with Crippen LogP contribution in [0.25, 0.3) is 0 Å². The van der Waals surface area contributed by atoms with Gasteiger partial charge in [0.1, 0.15) is 0 Å². The first-order valence-electron chi connectivity index (χ1n) is 5.28. The Morgan fingerprint density at radius 3 is 3.12 bits per heavy atom. The summed E-state index contributed by atoms with van der Waals surface area (Å²) in [7, 11) is 0. The molecule has 88 valence electrons. The number of hydrogen-bond donors (Lipinski definition) is 2. The predicted molar refractivity (Wildman–Crippen MR) is 70.0 cm³/mol. The number of nitrogens with one attached hydrogen (secondary N) is 1. The Morgan fingerprint density at radius 2 is 2.38 bits per heavy atom. The van der Waals surface area contributed by atoms with Gasteiger partial charge in [0.05, 0.1) is 11.9 Å². The maximum atomic E-state index is 5.80. The van der Waals surface area contributed by atoms with Crippen molar-refractivity contribution in [3.05, 3.63) is 11.5 Å². The molecule has 6 heteroatoms. The SMILES string of the molecule is CSC1CCCC1Nc1nc(Cl)ncc1N. The van der Waals surface area contributed by atoms with Gasteiger partial charge in [-0.2, -0.15) is 16.7 Å². The van der Waals surface area contributed by atoms with E-state index in [1.807, 2.05) is 11.8 Å². The molecule has 0 bridgehead atoms. The molecule has 0 spiro atoms. The van der Waals surface area contributed by atoms with Crippen LogP contribution < -0.4 is 11.1 Å². The topological polar surface area (TPSA) is 63.8 Å². The van der Waals surface area contributed by atoms with Gasteiger partial charge in [0, 0.05) is 11.3 Å². The van der Waals surface area contributed by atoms with Crippen LogP contribution in [0.1, 0.15) is 19.3 Å². The molecule has 1 heterocycles. The lowest BCUT2D eigenvalue weighted by atomic mass is 10.2. The number of halogens is 1. The van der Waals surface area contributed by atoms with Crippen molar-refractivity contribution in [2.45, 2.75) is 30.6 Å². The van der Waals surface area contributed by atoms with Crippen molar-refractivity contribution in [1.29, 1.82) is 0 Å². The van der Waals surface area contributed by atoms with Crippen molar-refractivity contribution in [3.63, 3.8) is 0 Å². The predicted octanol–water partition coefficient (Wildman–Crippen LogP) is 2.41. The third-order valence-electron chi connectivity index (χ3n) is 2.87. The van der Waals surface area contributed by atoms with Crippen LogP contribution in [0.3, 0.4) is 0 Å². The summed E-state index contributed by atoms with van der Waals surface area (Å²) in [5.41, 5.74) is 6.35. The van der Waals surface area contributed by atoms with Crippen LogP contribution in [0, 0.1) is 0 Å². The van der Waals surface area contributed by atoms with Crippen molar-refractivity contribution in [2.24, 2.45) is 0 Å². The van der Waals surface area contributed by atoms with Gasteiger partial charge in [-0.15, -0.1) is 0 Å². The van der Waals surface area contributed by atoms with E-state index in [-0.39, 0.29) is 5.28 Å². The van der Waals surface area contributed by atoms with Gasteiger partial charge in [0.15, 0.2) is 5.82 Å². The molecule has 4 nitrogen and oxygen atoms in total. The van der Waals surface area contributed by atoms with Crippen LogP contribution in [0.15, 0.2) is 6.20 Å². The number of thioether (sulfide) groups is 1. The fraction of sp³-hybridized carbons (Fsp3) is 0.600. The average molecular weight is 259 g/mol. The minimum absolute atomic E-state index is 0.232. The first kappa shape index (κ1) is 11.8. The van der Waals surface area contributed by atoms with Gasteiger partial charge >= 0.3 is 0 Å². The highest BCUT2D eigenvalue weighted by Gasteiger charge is 2.27. The van der Waals surface area contributed by atoms with Gasteiger partial charge in [-0.05, 0) is 30.7 Å². The average Bonchev–Trinajstić information content (AvgIpc) is 2.71. The molecule has 1 aliphatic rings. The Balaban J connectivity index is 2.11. The quantitative estimate of drug-likeness (QED) is 0.816. The first-order chi connectivity index (χ1) is 7.70. The molecule has 3 N–H and O–H groups in total.